The molecule has 1 N–H and O–H groups in total. The lowest BCUT2D eigenvalue weighted by atomic mass is 9.74. The Morgan fingerprint density at radius 1 is 1.16 bits per heavy atom. The first-order chi connectivity index (χ1) is 9.08. The van der Waals surface area contributed by atoms with E-state index in [0.29, 0.717) is 11.9 Å². The van der Waals surface area contributed by atoms with E-state index in [1.807, 2.05) is 0 Å². The number of hydrogen-bond acceptors (Lipinski definition) is 1. The van der Waals surface area contributed by atoms with Gasteiger partial charge in [-0.05, 0) is 56.8 Å². The summed E-state index contributed by atoms with van der Waals surface area (Å²) in [6.45, 7) is 4.42. The lowest BCUT2D eigenvalue weighted by Gasteiger charge is -2.35. The van der Waals surface area contributed by atoms with Crippen LogP contribution in [0.1, 0.15) is 71.6 Å². The molecule has 2 nitrogen and oxygen atoms in total. The Labute approximate surface area is 117 Å². The Hall–Kier alpha value is -0.530. The van der Waals surface area contributed by atoms with Crippen LogP contribution in [0.15, 0.2) is 0 Å². The first-order valence-corrected chi connectivity index (χ1v) is 8.39. The van der Waals surface area contributed by atoms with Gasteiger partial charge in [-0.15, -0.1) is 0 Å². The molecule has 0 saturated heterocycles. The molecule has 0 spiro atoms. The molecule has 3 rings (SSSR count). The number of fused-ring (bicyclic) bond motifs is 2. The highest BCUT2D eigenvalue weighted by Gasteiger charge is 2.43. The fraction of sp³-hybridized carbons (Fsp3) is 0.941. The first kappa shape index (κ1) is 13.5. The van der Waals surface area contributed by atoms with E-state index < -0.39 is 0 Å². The third-order valence-electron chi connectivity index (χ3n) is 6.30. The minimum absolute atomic E-state index is 0.0792. The summed E-state index contributed by atoms with van der Waals surface area (Å²) in [5.74, 6) is 2.97. The molecule has 3 fully saturated rings. The Bertz CT molecular complexity index is 345. The second-order valence-electron chi connectivity index (χ2n) is 7.72. The second-order valence-corrected chi connectivity index (χ2v) is 7.72. The molecule has 19 heavy (non-hydrogen) atoms. The number of nitrogens with one attached hydrogen (secondary N) is 1. The molecule has 0 unspecified atom stereocenters. The van der Waals surface area contributed by atoms with Gasteiger partial charge in [-0.2, -0.15) is 0 Å². The normalized spacial score (nSPS) is 38.1. The molecule has 0 heterocycles. The van der Waals surface area contributed by atoms with Crippen molar-refractivity contribution < 1.29 is 4.79 Å². The molecule has 3 aliphatic rings. The van der Waals surface area contributed by atoms with Crippen molar-refractivity contribution in [3.63, 3.8) is 0 Å². The molecule has 1 amide bonds. The maximum absolute atomic E-state index is 12.6. The van der Waals surface area contributed by atoms with Crippen molar-refractivity contribution in [2.24, 2.45) is 23.2 Å². The lowest BCUT2D eigenvalue weighted by molar-refractivity contribution is -0.133. The first-order valence-electron chi connectivity index (χ1n) is 8.39. The summed E-state index contributed by atoms with van der Waals surface area (Å²) in [5.41, 5.74) is -0.0792. The summed E-state index contributed by atoms with van der Waals surface area (Å²) in [7, 11) is 0. The van der Waals surface area contributed by atoms with Gasteiger partial charge in [-0.1, -0.05) is 32.6 Å². The van der Waals surface area contributed by atoms with Gasteiger partial charge in [0.2, 0.25) is 5.91 Å². The van der Waals surface area contributed by atoms with Crippen LogP contribution in [-0.2, 0) is 4.79 Å². The summed E-state index contributed by atoms with van der Waals surface area (Å²) in [4.78, 5) is 12.6. The maximum Gasteiger partial charge on any atom is 0.226 e. The van der Waals surface area contributed by atoms with Crippen molar-refractivity contribution in [1.82, 2.24) is 5.32 Å². The van der Waals surface area contributed by atoms with Crippen LogP contribution in [0.3, 0.4) is 0 Å². The summed E-state index contributed by atoms with van der Waals surface area (Å²) < 4.78 is 0. The smallest absolute Gasteiger partial charge is 0.226 e. The van der Waals surface area contributed by atoms with Crippen molar-refractivity contribution in [3.05, 3.63) is 0 Å². The maximum atomic E-state index is 12.6. The van der Waals surface area contributed by atoms with Gasteiger partial charge < -0.3 is 5.32 Å². The zero-order chi connectivity index (χ0) is 13.5. The van der Waals surface area contributed by atoms with Crippen LogP contribution in [0.4, 0.5) is 0 Å². The van der Waals surface area contributed by atoms with Gasteiger partial charge in [-0.3, -0.25) is 4.79 Å². The SMILES string of the molecule is C[C@H](NC(=O)C1(C)CCCCC1)[C@H]1C[C@@H]2CC[C@@H]1C2. The van der Waals surface area contributed by atoms with E-state index in [1.54, 1.807) is 0 Å². The average Bonchev–Trinajstić information content (AvgIpc) is 3.01. The van der Waals surface area contributed by atoms with E-state index in [4.69, 9.17) is 0 Å². The number of amides is 1. The summed E-state index contributed by atoms with van der Waals surface area (Å²) in [6.07, 6.45) is 11.6. The fourth-order valence-electron chi connectivity index (χ4n) is 4.95. The highest BCUT2D eigenvalue weighted by atomic mass is 16.2. The molecule has 2 bridgehead atoms. The van der Waals surface area contributed by atoms with Crippen molar-refractivity contribution in [2.45, 2.75) is 77.7 Å². The van der Waals surface area contributed by atoms with Crippen molar-refractivity contribution in [3.8, 4) is 0 Å². The monoisotopic (exact) mass is 263 g/mol. The molecule has 108 valence electrons. The highest BCUT2D eigenvalue weighted by molar-refractivity contribution is 5.82. The van der Waals surface area contributed by atoms with Crippen LogP contribution in [-0.4, -0.2) is 11.9 Å². The van der Waals surface area contributed by atoms with Gasteiger partial charge in [0.05, 0.1) is 0 Å². The van der Waals surface area contributed by atoms with Crippen LogP contribution in [0.2, 0.25) is 0 Å². The molecular formula is C17H29NO. The van der Waals surface area contributed by atoms with Crippen molar-refractivity contribution >= 4 is 5.91 Å². The molecule has 0 aromatic heterocycles. The molecule has 0 aromatic carbocycles. The quantitative estimate of drug-likeness (QED) is 0.822. The van der Waals surface area contributed by atoms with Gasteiger partial charge in [0, 0.05) is 11.5 Å². The Morgan fingerprint density at radius 2 is 1.89 bits per heavy atom. The molecule has 0 aliphatic heterocycles. The van der Waals surface area contributed by atoms with Gasteiger partial charge in [0.1, 0.15) is 0 Å². The zero-order valence-corrected chi connectivity index (χ0v) is 12.6. The van der Waals surface area contributed by atoms with E-state index in [0.717, 1.165) is 30.6 Å². The predicted octanol–water partition coefficient (Wildman–Crippen LogP) is 3.90. The molecule has 2 heteroatoms. The molecule has 3 aliphatic carbocycles. The van der Waals surface area contributed by atoms with E-state index in [1.165, 1.54) is 44.9 Å². The van der Waals surface area contributed by atoms with Gasteiger partial charge in [0.15, 0.2) is 0 Å². The van der Waals surface area contributed by atoms with Gasteiger partial charge in [0.25, 0.3) is 0 Å². The topological polar surface area (TPSA) is 29.1 Å². The molecule has 0 radical (unpaired) electrons. The Morgan fingerprint density at radius 3 is 2.47 bits per heavy atom. The van der Waals surface area contributed by atoms with E-state index in [9.17, 15) is 4.79 Å². The summed E-state index contributed by atoms with van der Waals surface area (Å²) >= 11 is 0. The summed E-state index contributed by atoms with van der Waals surface area (Å²) in [6, 6.07) is 0.390. The number of carbonyl (C=O) groups is 1. The highest BCUT2D eigenvalue weighted by Crippen LogP contribution is 2.49. The number of hydrogen-bond donors (Lipinski definition) is 1. The van der Waals surface area contributed by atoms with Crippen molar-refractivity contribution in [1.29, 1.82) is 0 Å². The Kier molecular flexibility index (Phi) is 3.61. The standard InChI is InChI=1S/C17H29NO/c1-12(15-11-13-6-7-14(15)10-13)18-16(19)17(2)8-4-3-5-9-17/h12-15H,3-11H2,1-2H3,(H,18,19)/t12-,13+,14+,15+/m0/s1. The van der Waals surface area contributed by atoms with Crippen molar-refractivity contribution in [2.75, 3.05) is 0 Å². The molecular weight excluding hydrogens is 234 g/mol. The van der Waals surface area contributed by atoms with Crippen LogP contribution in [0.5, 0.6) is 0 Å². The van der Waals surface area contributed by atoms with E-state index in [2.05, 4.69) is 19.2 Å². The van der Waals surface area contributed by atoms with Crippen LogP contribution >= 0.6 is 0 Å². The van der Waals surface area contributed by atoms with Crippen LogP contribution < -0.4 is 5.32 Å². The van der Waals surface area contributed by atoms with Crippen LogP contribution in [0, 0.1) is 23.2 Å². The number of carbonyl (C=O) groups excluding carboxylic acids is 1. The summed E-state index contributed by atoms with van der Waals surface area (Å²) in [5, 5.41) is 3.38. The lowest BCUT2D eigenvalue weighted by Crippen LogP contribution is -2.47. The molecule has 3 saturated carbocycles. The average molecular weight is 263 g/mol. The number of rotatable bonds is 3. The fourth-order valence-corrected chi connectivity index (χ4v) is 4.95. The Balaban J connectivity index is 1.57. The van der Waals surface area contributed by atoms with E-state index >= 15 is 0 Å². The third-order valence-corrected chi connectivity index (χ3v) is 6.30. The van der Waals surface area contributed by atoms with Gasteiger partial charge in [-0.25, -0.2) is 0 Å². The van der Waals surface area contributed by atoms with Gasteiger partial charge >= 0.3 is 0 Å². The minimum Gasteiger partial charge on any atom is -0.353 e. The molecule has 0 aromatic rings. The largest absolute Gasteiger partial charge is 0.353 e. The third kappa shape index (κ3) is 2.55. The molecule has 4 atom stereocenters. The zero-order valence-electron chi connectivity index (χ0n) is 12.6. The predicted molar refractivity (Wildman–Crippen MR) is 77.7 cm³/mol. The van der Waals surface area contributed by atoms with E-state index in [-0.39, 0.29) is 5.41 Å². The second kappa shape index (κ2) is 5.10. The van der Waals surface area contributed by atoms with Crippen LogP contribution in [0.25, 0.3) is 0 Å². The minimum atomic E-state index is -0.0792.